The first-order valence-electron chi connectivity index (χ1n) is 19.8. The fraction of sp³-hybridized carbons (Fsp3) is 0.900. The molecule has 0 fully saturated rings. The lowest BCUT2D eigenvalue weighted by molar-refractivity contribution is -0.125. The smallest absolute Gasteiger partial charge is 0.222 e. The zero-order chi connectivity index (χ0) is 32.4. The van der Waals surface area contributed by atoms with Crippen LogP contribution in [0.3, 0.4) is 0 Å². The van der Waals surface area contributed by atoms with Gasteiger partial charge in [-0.1, -0.05) is 180 Å². The van der Waals surface area contributed by atoms with Gasteiger partial charge in [-0.05, 0) is 45.4 Å². The molecule has 2 amide bonds. The highest BCUT2D eigenvalue weighted by atomic mass is 16.2. The molecule has 2 atom stereocenters. The molecule has 0 bridgehead atoms. The van der Waals surface area contributed by atoms with Gasteiger partial charge in [0.15, 0.2) is 0 Å². The van der Waals surface area contributed by atoms with Crippen LogP contribution in [-0.2, 0) is 9.59 Å². The topological polar surface area (TPSA) is 72.2 Å². The Balaban J connectivity index is 3.63. The van der Waals surface area contributed by atoms with Crippen molar-refractivity contribution < 1.29 is 9.59 Å². The summed E-state index contributed by atoms with van der Waals surface area (Å²) in [5.41, 5.74) is 5.71. The number of amides is 2. The van der Waals surface area contributed by atoms with Gasteiger partial charge in [-0.15, -0.1) is 0 Å². The van der Waals surface area contributed by atoms with Gasteiger partial charge in [0.05, 0.1) is 5.92 Å². The number of allylic oxidation sites excluding steroid dienone is 2. The van der Waals surface area contributed by atoms with Crippen LogP contribution in [0, 0.1) is 5.92 Å². The van der Waals surface area contributed by atoms with E-state index in [4.69, 9.17) is 5.73 Å². The van der Waals surface area contributed by atoms with Crippen LogP contribution in [0.2, 0.25) is 0 Å². The summed E-state index contributed by atoms with van der Waals surface area (Å²) >= 11 is 0. The lowest BCUT2D eigenvalue weighted by Crippen LogP contribution is -2.43. The summed E-state index contributed by atoms with van der Waals surface area (Å²) in [4.78, 5) is 24.5. The van der Waals surface area contributed by atoms with E-state index in [1.165, 1.54) is 161 Å². The zero-order valence-corrected chi connectivity index (χ0v) is 30.1. The number of hydrogen-bond acceptors (Lipinski definition) is 2. The standard InChI is InChI=1S/C40H78N2O2/c1-4-6-8-10-12-14-16-18-19-20-21-22-23-24-26-28-30-32-34-36-39(43)42-37(3)38(40(41)44)35-33-31-29-27-25-17-15-13-11-9-7-5-2/h18-19,37-38H,4-17,20-36H2,1-3H3,(H2,41,44)(H,42,43)/b19-18-. The fourth-order valence-corrected chi connectivity index (χ4v) is 6.33. The maximum atomic E-state index is 12.5. The molecule has 0 saturated heterocycles. The maximum absolute atomic E-state index is 12.5. The van der Waals surface area contributed by atoms with E-state index in [0.29, 0.717) is 6.42 Å². The minimum atomic E-state index is -0.277. The third-order valence-corrected chi connectivity index (χ3v) is 9.39. The molecule has 3 N–H and O–H groups in total. The highest BCUT2D eigenvalue weighted by molar-refractivity contribution is 5.80. The quantitative estimate of drug-likeness (QED) is 0.0548. The first-order valence-corrected chi connectivity index (χ1v) is 19.8. The molecule has 0 aromatic rings. The van der Waals surface area contributed by atoms with Crippen LogP contribution in [0.1, 0.15) is 220 Å². The lowest BCUT2D eigenvalue weighted by Gasteiger charge is -2.22. The van der Waals surface area contributed by atoms with Crippen molar-refractivity contribution in [2.45, 2.75) is 226 Å². The van der Waals surface area contributed by atoms with Crippen LogP contribution in [0.25, 0.3) is 0 Å². The average molecular weight is 619 g/mol. The molecule has 0 aliphatic heterocycles. The van der Waals surface area contributed by atoms with Gasteiger partial charge in [-0.2, -0.15) is 0 Å². The van der Waals surface area contributed by atoms with E-state index >= 15 is 0 Å². The number of nitrogens with one attached hydrogen (secondary N) is 1. The largest absolute Gasteiger partial charge is 0.369 e. The third kappa shape index (κ3) is 30.7. The Morgan fingerprint density at radius 3 is 1.25 bits per heavy atom. The van der Waals surface area contributed by atoms with Crippen molar-refractivity contribution in [1.29, 1.82) is 0 Å². The fourth-order valence-electron chi connectivity index (χ4n) is 6.33. The summed E-state index contributed by atoms with van der Waals surface area (Å²) in [6.45, 7) is 6.49. The van der Waals surface area contributed by atoms with E-state index in [9.17, 15) is 9.59 Å². The molecule has 260 valence electrons. The van der Waals surface area contributed by atoms with Gasteiger partial charge in [-0.25, -0.2) is 0 Å². The van der Waals surface area contributed by atoms with Gasteiger partial charge in [0, 0.05) is 12.5 Å². The predicted octanol–water partition coefficient (Wildman–Crippen LogP) is 12.3. The predicted molar refractivity (Wildman–Crippen MR) is 194 cm³/mol. The second-order valence-electron chi connectivity index (χ2n) is 13.8. The normalized spacial score (nSPS) is 13.0. The van der Waals surface area contributed by atoms with E-state index in [-0.39, 0.29) is 23.8 Å². The minimum absolute atomic E-state index is 0.0690. The van der Waals surface area contributed by atoms with Gasteiger partial charge in [-0.3, -0.25) is 9.59 Å². The van der Waals surface area contributed by atoms with Crippen molar-refractivity contribution in [2.75, 3.05) is 0 Å². The number of unbranched alkanes of at least 4 members (excludes halogenated alkanes) is 26. The average Bonchev–Trinajstić information content (AvgIpc) is 3.00. The maximum Gasteiger partial charge on any atom is 0.222 e. The molecule has 0 saturated carbocycles. The summed E-state index contributed by atoms with van der Waals surface area (Å²) < 4.78 is 0. The SMILES string of the molecule is CCCCCCCC/C=C\CCCCCCCCCCCC(=O)NC(C)C(CCCCCCCCCCCCCC)C(N)=O. The summed E-state index contributed by atoms with van der Waals surface area (Å²) in [6.07, 6.45) is 43.8. The van der Waals surface area contributed by atoms with Gasteiger partial charge in [0.2, 0.25) is 11.8 Å². The first kappa shape index (κ1) is 42.7. The van der Waals surface area contributed by atoms with Crippen molar-refractivity contribution in [3.05, 3.63) is 12.2 Å². The molecule has 0 aliphatic rings. The van der Waals surface area contributed by atoms with Gasteiger partial charge in [0.25, 0.3) is 0 Å². The number of hydrogen-bond donors (Lipinski definition) is 2. The van der Waals surface area contributed by atoms with Crippen molar-refractivity contribution in [1.82, 2.24) is 5.32 Å². The Labute approximate surface area is 275 Å². The van der Waals surface area contributed by atoms with Gasteiger partial charge >= 0.3 is 0 Å². The van der Waals surface area contributed by atoms with E-state index in [2.05, 4.69) is 31.3 Å². The molecule has 0 heterocycles. The van der Waals surface area contributed by atoms with Crippen molar-refractivity contribution >= 4 is 11.8 Å². The second kappa shape index (κ2) is 34.6. The van der Waals surface area contributed by atoms with Gasteiger partial charge in [0.1, 0.15) is 0 Å². The van der Waals surface area contributed by atoms with E-state index in [1.54, 1.807) is 0 Å². The summed E-state index contributed by atoms with van der Waals surface area (Å²) in [7, 11) is 0. The molecular formula is C40H78N2O2. The third-order valence-electron chi connectivity index (χ3n) is 9.39. The second-order valence-corrected chi connectivity index (χ2v) is 13.8. The van der Waals surface area contributed by atoms with E-state index in [1.807, 2.05) is 6.92 Å². The Bertz CT molecular complexity index is 647. The highest BCUT2D eigenvalue weighted by Gasteiger charge is 2.23. The first-order chi connectivity index (χ1) is 21.5. The van der Waals surface area contributed by atoms with Crippen LogP contribution < -0.4 is 11.1 Å². The van der Waals surface area contributed by atoms with E-state index < -0.39 is 0 Å². The molecule has 44 heavy (non-hydrogen) atoms. The number of nitrogens with two attached hydrogens (primary N) is 1. The molecule has 0 radical (unpaired) electrons. The van der Waals surface area contributed by atoms with Crippen molar-refractivity contribution in [3.63, 3.8) is 0 Å². The summed E-state index contributed by atoms with van der Waals surface area (Å²) in [6, 6.07) is -0.177. The monoisotopic (exact) mass is 619 g/mol. The van der Waals surface area contributed by atoms with Crippen LogP contribution in [-0.4, -0.2) is 17.9 Å². The molecule has 0 spiro atoms. The van der Waals surface area contributed by atoms with E-state index in [0.717, 1.165) is 32.1 Å². The molecular weight excluding hydrogens is 540 g/mol. The van der Waals surface area contributed by atoms with Crippen LogP contribution in [0.4, 0.5) is 0 Å². The lowest BCUT2D eigenvalue weighted by atomic mass is 9.93. The van der Waals surface area contributed by atoms with Crippen LogP contribution >= 0.6 is 0 Å². The summed E-state index contributed by atoms with van der Waals surface area (Å²) in [5.74, 6) is -0.469. The van der Waals surface area contributed by atoms with Crippen molar-refractivity contribution in [3.8, 4) is 0 Å². The number of carbonyl (C=O) groups excluding carboxylic acids is 2. The summed E-state index contributed by atoms with van der Waals surface area (Å²) in [5, 5.41) is 3.07. The Hall–Kier alpha value is -1.32. The molecule has 0 aromatic heterocycles. The van der Waals surface area contributed by atoms with Crippen LogP contribution in [0.5, 0.6) is 0 Å². The van der Waals surface area contributed by atoms with Crippen LogP contribution in [0.15, 0.2) is 12.2 Å². The molecule has 4 heteroatoms. The molecule has 0 aliphatic carbocycles. The highest BCUT2D eigenvalue weighted by Crippen LogP contribution is 2.18. The molecule has 0 rings (SSSR count). The Morgan fingerprint density at radius 1 is 0.523 bits per heavy atom. The molecule has 2 unspecified atom stereocenters. The Kier molecular flexibility index (Phi) is 33.5. The number of rotatable bonds is 35. The minimum Gasteiger partial charge on any atom is -0.369 e. The number of carbonyl (C=O) groups is 2. The van der Waals surface area contributed by atoms with Gasteiger partial charge < -0.3 is 11.1 Å². The Morgan fingerprint density at radius 2 is 0.864 bits per heavy atom. The molecule has 4 nitrogen and oxygen atoms in total. The number of primary amides is 1. The zero-order valence-electron chi connectivity index (χ0n) is 30.1. The van der Waals surface area contributed by atoms with Crippen molar-refractivity contribution in [2.24, 2.45) is 11.7 Å². The molecule has 0 aromatic carbocycles.